The first-order chi connectivity index (χ1) is 9.68. The maximum atomic E-state index is 12.2. The third kappa shape index (κ3) is 2.38. The van der Waals surface area contributed by atoms with Gasteiger partial charge in [-0.05, 0) is 5.56 Å². The summed E-state index contributed by atoms with van der Waals surface area (Å²) in [6, 6.07) is 9.02. The van der Waals surface area contributed by atoms with Crippen molar-refractivity contribution in [1.82, 2.24) is 10.2 Å². The second-order valence-electron chi connectivity index (χ2n) is 4.61. The highest BCUT2D eigenvalue weighted by molar-refractivity contribution is 9.09. The number of hydrogen-bond donors (Lipinski definition) is 1. The smallest absolute Gasteiger partial charge is 0.253 e. The molecule has 1 saturated heterocycles. The highest BCUT2D eigenvalue weighted by Crippen LogP contribution is 2.34. The lowest BCUT2D eigenvalue weighted by atomic mass is 10.1. The number of benzene rings is 1. The Kier molecular flexibility index (Phi) is 3.85. The van der Waals surface area contributed by atoms with E-state index in [1.54, 1.807) is 22.9 Å². The fourth-order valence-electron chi connectivity index (χ4n) is 2.26. The maximum Gasteiger partial charge on any atom is 0.253 e. The van der Waals surface area contributed by atoms with E-state index in [4.69, 9.17) is 0 Å². The van der Waals surface area contributed by atoms with Crippen molar-refractivity contribution in [2.24, 2.45) is 0 Å². The molecule has 0 aliphatic carbocycles. The number of halogens is 1. The van der Waals surface area contributed by atoms with Gasteiger partial charge in [0.25, 0.3) is 5.91 Å². The Labute approximate surface area is 129 Å². The summed E-state index contributed by atoms with van der Waals surface area (Å²) in [5.74, 6) is 0.654. The van der Waals surface area contributed by atoms with E-state index in [1.807, 2.05) is 36.4 Å². The van der Waals surface area contributed by atoms with Crippen molar-refractivity contribution in [3.63, 3.8) is 0 Å². The van der Waals surface area contributed by atoms with Gasteiger partial charge in [0.2, 0.25) is 5.91 Å². The molecule has 3 rings (SSSR count). The van der Waals surface area contributed by atoms with Gasteiger partial charge in [-0.1, -0.05) is 52.3 Å². The minimum Gasteiger partial charge on any atom is -0.340 e. The average Bonchev–Trinajstić information content (AvgIpc) is 2.52. The summed E-state index contributed by atoms with van der Waals surface area (Å²) in [7, 11) is 0. The monoisotopic (exact) mass is 352 g/mol. The van der Waals surface area contributed by atoms with Gasteiger partial charge >= 0.3 is 0 Å². The van der Waals surface area contributed by atoms with E-state index in [9.17, 15) is 9.59 Å². The lowest BCUT2D eigenvalue weighted by Gasteiger charge is -2.46. The van der Waals surface area contributed by atoms with Gasteiger partial charge in [-0.15, -0.1) is 11.8 Å². The number of fused-ring (bicyclic) bond motifs is 1. The van der Waals surface area contributed by atoms with E-state index in [2.05, 4.69) is 21.2 Å². The Morgan fingerprint density at radius 3 is 2.90 bits per heavy atom. The zero-order valence-corrected chi connectivity index (χ0v) is 12.9. The summed E-state index contributed by atoms with van der Waals surface area (Å²) in [5.41, 5.74) is 0.879. The third-order valence-corrected chi connectivity index (χ3v) is 5.50. The molecule has 0 spiro atoms. The predicted molar refractivity (Wildman–Crippen MR) is 82.3 cm³/mol. The van der Waals surface area contributed by atoms with Crippen LogP contribution in [0.3, 0.4) is 0 Å². The molecule has 0 aromatic heterocycles. The quantitative estimate of drug-likeness (QED) is 0.668. The van der Waals surface area contributed by atoms with Crippen molar-refractivity contribution >= 4 is 39.5 Å². The van der Waals surface area contributed by atoms with E-state index >= 15 is 0 Å². The second kappa shape index (κ2) is 5.61. The van der Waals surface area contributed by atoms with Gasteiger partial charge in [-0.2, -0.15) is 0 Å². The molecule has 0 radical (unpaired) electrons. The highest BCUT2D eigenvalue weighted by atomic mass is 79.9. The number of carbonyl (C=O) groups is 2. The number of thioether (sulfide) groups is 1. The molecule has 2 amide bonds. The van der Waals surface area contributed by atoms with Gasteiger partial charge in [0, 0.05) is 12.0 Å². The third-order valence-electron chi connectivity index (χ3n) is 3.33. The van der Waals surface area contributed by atoms with Crippen molar-refractivity contribution in [2.75, 3.05) is 5.75 Å². The molecule has 1 fully saturated rings. The van der Waals surface area contributed by atoms with Crippen LogP contribution in [-0.2, 0) is 9.59 Å². The molecule has 0 bridgehead atoms. The summed E-state index contributed by atoms with van der Waals surface area (Å²) in [6.45, 7) is 0. The molecular formula is C14H13BrN2O2S. The number of rotatable bonds is 3. The standard InChI is InChI=1S/C14H13BrN2O2S/c15-10(9-5-2-1-3-6-9)12(18)16-11-13(19)17-7-4-8-20-14(11)17/h1-7,10-11,14H,8H2,(H,16,18). The Morgan fingerprint density at radius 2 is 2.15 bits per heavy atom. The minimum atomic E-state index is -0.435. The van der Waals surface area contributed by atoms with E-state index in [1.165, 1.54) is 0 Å². The fraction of sp³-hybridized carbons (Fsp3) is 0.286. The van der Waals surface area contributed by atoms with Crippen LogP contribution in [0, 0.1) is 0 Å². The molecule has 1 aromatic carbocycles. The van der Waals surface area contributed by atoms with Crippen LogP contribution in [0.4, 0.5) is 0 Å². The summed E-state index contributed by atoms with van der Waals surface area (Å²) < 4.78 is 0. The fourth-order valence-corrected chi connectivity index (χ4v) is 3.81. The first-order valence-corrected chi connectivity index (χ1v) is 8.25. The number of nitrogens with zero attached hydrogens (tertiary/aromatic N) is 1. The van der Waals surface area contributed by atoms with Crippen molar-refractivity contribution in [3.8, 4) is 0 Å². The van der Waals surface area contributed by atoms with Gasteiger partial charge in [0.1, 0.15) is 16.2 Å². The summed E-state index contributed by atoms with van der Waals surface area (Å²) in [5, 5.41) is 2.87. The molecule has 2 aliphatic heterocycles. The molecule has 20 heavy (non-hydrogen) atoms. The van der Waals surface area contributed by atoms with Crippen molar-refractivity contribution in [3.05, 3.63) is 48.2 Å². The molecule has 4 nitrogen and oxygen atoms in total. The molecular weight excluding hydrogens is 340 g/mol. The van der Waals surface area contributed by atoms with Crippen LogP contribution in [0.15, 0.2) is 42.6 Å². The molecule has 1 aromatic rings. The number of carbonyl (C=O) groups excluding carboxylic acids is 2. The van der Waals surface area contributed by atoms with Crippen molar-refractivity contribution in [1.29, 1.82) is 0 Å². The van der Waals surface area contributed by atoms with E-state index in [0.717, 1.165) is 11.3 Å². The molecule has 2 heterocycles. The predicted octanol–water partition coefficient (Wildman–Crippen LogP) is 2.04. The Balaban J connectivity index is 1.65. The zero-order chi connectivity index (χ0) is 14.1. The maximum absolute atomic E-state index is 12.2. The first kappa shape index (κ1) is 13.7. The van der Waals surface area contributed by atoms with Crippen molar-refractivity contribution in [2.45, 2.75) is 16.2 Å². The zero-order valence-electron chi connectivity index (χ0n) is 10.5. The molecule has 2 aliphatic rings. The largest absolute Gasteiger partial charge is 0.340 e. The average molecular weight is 353 g/mol. The lowest BCUT2D eigenvalue weighted by molar-refractivity contribution is -0.144. The first-order valence-electron chi connectivity index (χ1n) is 6.28. The number of alkyl halides is 1. The van der Waals surface area contributed by atoms with E-state index in [-0.39, 0.29) is 17.2 Å². The SMILES string of the molecule is O=C(NC1C(=O)N2C=CCSC12)C(Br)c1ccccc1. The van der Waals surface area contributed by atoms with Crippen molar-refractivity contribution < 1.29 is 9.59 Å². The van der Waals surface area contributed by atoms with Crippen LogP contribution >= 0.6 is 27.7 Å². The minimum absolute atomic E-state index is 0.0342. The van der Waals surface area contributed by atoms with Gasteiger partial charge in [-0.3, -0.25) is 9.59 Å². The summed E-state index contributed by atoms with van der Waals surface area (Å²) >= 11 is 5.05. The second-order valence-corrected chi connectivity index (χ2v) is 6.68. The van der Waals surface area contributed by atoms with Crippen LogP contribution in [0.1, 0.15) is 10.4 Å². The molecule has 104 valence electrons. The van der Waals surface area contributed by atoms with Gasteiger partial charge in [-0.25, -0.2) is 0 Å². The van der Waals surface area contributed by atoms with E-state index in [0.29, 0.717) is 0 Å². The molecule has 1 N–H and O–H groups in total. The van der Waals surface area contributed by atoms with Crippen LogP contribution in [0.5, 0.6) is 0 Å². The Hall–Kier alpha value is -1.27. The van der Waals surface area contributed by atoms with E-state index < -0.39 is 10.9 Å². The van der Waals surface area contributed by atoms with Crippen LogP contribution in [-0.4, -0.2) is 33.9 Å². The highest BCUT2D eigenvalue weighted by Gasteiger charge is 2.48. The molecule has 0 saturated carbocycles. The number of β-lactam (4-membered cyclic amide) rings is 1. The van der Waals surface area contributed by atoms with Crippen LogP contribution in [0.25, 0.3) is 0 Å². The van der Waals surface area contributed by atoms with Gasteiger partial charge in [0.05, 0.1) is 0 Å². The Morgan fingerprint density at radius 1 is 1.40 bits per heavy atom. The van der Waals surface area contributed by atoms with Gasteiger partial charge < -0.3 is 10.2 Å². The number of nitrogens with one attached hydrogen (secondary N) is 1. The Bertz CT molecular complexity index is 564. The number of hydrogen-bond acceptors (Lipinski definition) is 3. The molecule has 6 heteroatoms. The molecule has 3 atom stereocenters. The van der Waals surface area contributed by atoms with Gasteiger partial charge in [0.15, 0.2) is 0 Å². The topological polar surface area (TPSA) is 49.4 Å². The lowest BCUT2D eigenvalue weighted by Crippen LogP contribution is -2.68. The van der Waals surface area contributed by atoms with Crippen LogP contribution in [0.2, 0.25) is 0 Å². The normalized spacial score (nSPS) is 25.6. The summed E-state index contributed by atoms with van der Waals surface area (Å²) in [6.07, 6.45) is 3.75. The summed E-state index contributed by atoms with van der Waals surface area (Å²) in [4.78, 5) is 25.4. The van der Waals surface area contributed by atoms with Crippen LogP contribution < -0.4 is 5.32 Å². The molecule has 3 unspecified atom stereocenters. The number of amides is 2.